The van der Waals surface area contributed by atoms with Gasteiger partial charge in [0.25, 0.3) is 10.0 Å². The summed E-state index contributed by atoms with van der Waals surface area (Å²) in [5.74, 6) is 0.538. The molecule has 3 aliphatic rings. The van der Waals surface area contributed by atoms with Crippen LogP contribution in [0.15, 0.2) is 23.9 Å². The lowest BCUT2D eigenvalue weighted by atomic mass is 9.99. The Bertz CT molecular complexity index is 1180. The van der Waals surface area contributed by atoms with E-state index in [0.717, 1.165) is 107 Å². The standard InChI is InChI=1S/C25H33N5O4S/c31-25(27-24-21-6-1-4-19(21)18-20-5-2-7-22(20)24)28-35(32,33)17-8-23-26-9-12-30(23)11-3-10-29-13-15-34-16-14-29/h8-9,12,17-18H,1-7,10-11,13-16H2,(H2,27,28,31)/b17-8+. The number of sulfonamides is 1. The molecule has 0 bridgehead atoms. The van der Waals surface area contributed by atoms with Crippen molar-refractivity contribution in [3.05, 3.63) is 51.9 Å². The third kappa shape index (κ3) is 5.76. The molecule has 35 heavy (non-hydrogen) atoms. The second-order valence-electron chi connectivity index (χ2n) is 9.42. The number of hydrogen-bond acceptors (Lipinski definition) is 6. The van der Waals surface area contributed by atoms with E-state index in [1.54, 1.807) is 6.20 Å². The van der Waals surface area contributed by atoms with Crippen molar-refractivity contribution in [1.82, 2.24) is 19.2 Å². The van der Waals surface area contributed by atoms with E-state index in [1.807, 2.05) is 10.8 Å². The largest absolute Gasteiger partial charge is 0.379 e. The zero-order valence-electron chi connectivity index (χ0n) is 20.0. The smallest absolute Gasteiger partial charge is 0.333 e. The average molecular weight is 500 g/mol. The first-order valence-corrected chi connectivity index (χ1v) is 14.0. The van der Waals surface area contributed by atoms with Crippen molar-refractivity contribution in [2.75, 3.05) is 38.2 Å². The highest BCUT2D eigenvalue weighted by Crippen LogP contribution is 2.38. The Hall–Kier alpha value is -2.69. The minimum atomic E-state index is -3.98. The highest BCUT2D eigenvalue weighted by molar-refractivity contribution is 7.93. The van der Waals surface area contributed by atoms with Crippen molar-refractivity contribution in [2.45, 2.75) is 51.5 Å². The van der Waals surface area contributed by atoms with E-state index in [1.165, 1.54) is 17.2 Å². The molecule has 1 aromatic heterocycles. The summed E-state index contributed by atoms with van der Waals surface area (Å²) in [4.78, 5) is 19.3. The van der Waals surface area contributed by atoms with Crippen LogP contribution >= 0.6 is 0 Å². The molecule has 2 N–H and O–H groups in total. The molecule has 1 aromatic carbocycles. The van der Waals surface area contributed by atoms with E-state index in [4.69, 9.17) is 4.74 Å². The summed E-state index contributed by atoms with van der Waals surface area (Å²) >= 11 is 0. The Labute approximate surface area is 206 Å². The van der Waals surface area contributed by atoms with Gasteiger partial charge < -0.3 is 14.6 Å². The Balaban J connectivity index is 1.19. The number of morpholine rings is 1. The average Bonchev–Trinajstić information content (AvgIpc) is 3.59. The molecule has 0 atom stereocenters. The number of anilines is 1. The van der Waals surface area contributed by atoms with Crippen molar-refractivity contribution in [3.63, 3.8) is 0 Å². The maximum absolute atomic E-state index is 12.7. The maximum Gasteiger partial charge on any atom is 0.333 e. The Morgan fingerprint density at radius 2 is 1.77 bits per heavy atom. The summed E-state index contributed by atoms with van der Waals surface area (Å²) in [7, 11) is -3.98. The molecule has 2 heterocycles. The van der Waals surface area contributed by atoms with Gasteiger partial charge in [0.1, 0.15) is 5.82 Å². The summed E-state index contributed by atoms with van der Waals surface area (Å²) in [6.45, 7) is 5.11. The normalized spacial score (nSPS) is 18.1. The van der Waals surface area contributed by atoms with Crippen LogP contribution in [0.1, 0.15) is 47.3 Å². The number of amides is 2. The van der Waals surface area contributed by atoms with Gasteiger partial charge in [0.15, 0.2) is 0 Å². The maximum atomic E-state index is 12.7. The number of carbonyl (C=O) groups excluding carboxylic acids is 1. The van der Waals surface area contributed by atoms with Gasteiger partial charge in [-0.25, -0.2) is 22.9 Å². The van der Waals surface area contributed by atoms with E-state index in [0.29, 0.717) is 5.82 Å². The highest BCUT2D eigenvalue weighted by atomic mass is 32.2. The van der Waals surface area contributed by atoms with Gasteiger partial charge in [0.05, 0.1) is 18.6 Å². The molecule has 188 valence electrons. The van der Waals surface area contributed by atoms with Crippen LogP contribution in [0.4, 0.5) is 10.5 Å². The lowest BCUT2D eigenvalue weighted by Gasteiger charge is -2.26. The number of aromatic nitrogens is 2. The van der Waals surface area contributed by atoms with Gasteiger partial charge in [-0.3, -0.25) is 4.90 Å². The molecule has 2 aromatic rings. The van der Waals surface area contributed by atoms with Crippen molar-refractivity contribution < 1.29 is 17.9 Å². The molecule has 9 nitrogen and oxygen atoms in total. The fraction of sp³-hybridized carbons (Fsp3) is 0.520. The summed E-state index contributed by atoms with van der Waals surface area (Å²) in [6, 6.07) is 1.55. The number of benzene rings is 1. The predicted molar refractivity (Wildman–Crippen MR) is 135 cm³/mol. The highest BCUT2D eigenvalue weighted by Gasteiger charge is 2.25. The molecule has 1 aliphatic heterocycles. The molecule has 1 fully saturated rings. The number of aryl methyl sites for hydroxylation is 3. The molecule has 2 aliphatic carbocycles. The molecule has 0 unspecified atom stereocenters. The Kier molecular flexibility index (Phi) is 7.22. The number of nitrogens with zero attached hydrogens (tertiary/aromatic N) is 3. The zero-order valence-corrected chi connectivity index (χ0v) is 20.8. The second kappa shape index (κ2) is 10.5. The molecule has 2 amide bonds. The van der Waals surface area contributed by atoms with Gasteiger partial charge >= 0.3 is 6.03 Å². The Morgan fingerprint density at radius 1 is 1.06 bits per heavy atom. The van der Waals surface area contributed by atoms with E-state index in [-0.39, 0.29) is 0 Å². The second-order valence-corrected chi connectivity index (χ2v) is 11.0. The summed E-state index contributed by atoms with van der Waals surface area (Å²) in [5, 5.41) is 3.87. The van der Waals surface area contributed by atoms with Crippen LogP contribution in [0.25, 0.3) is 6.08 Å². The van der Waals surface area contributed by atoms with E-state index in [9.17, 15) is 13.2 Å². The van der Waals surface area contributed by atoms with Crippen LogP contribution in [0.3, 0.4) is 0 Å². The summed E-state index contributed by atoms with van der Waals surface area (Å²) in [6.07, 6.45) is 11.8. The van der Waals surface area contributed by atoms with Crippen LogP contribution in [0.2, 0.25) is 0 Å². The molecular weight excluding hydrogens is 466 g/mol. The first-order chi connectivity index (χ1) is 17.0. The van der Waals surface area contributed by atoms with Crippen LogP contribution < -0.4 is 10.0 Å². The molecule has 0 radical (unpaired) electrons. The van der Waals surface area contributed by atoms with Gasteiger partial charge in [-0.15, -0.1) is 0 Å². The van der Waals surface area contributed by atoms with E-state index < -0.39 is 16.1 Å². The first kappa shape index (κ1) is 24.0. The zero-order chi connectivity index (χ0) is 24.3. The molecule has 1 saturated heterocycles. The third-order valence-corrected chi connectivity index (χ3v) is 8.03. The number of ether oxygens (including phenoxy) is 1. The summed E-state index contributed by atoms with van der Waals surface area (Å²) < 4.78 is 34.7. The van der Waals surface area contributed by atoms with Crippen molar-refractivity contribution in [3.8, 4) is 0 Å². The third-order valence-electron chi connectivity index (χ3n) is 7.07. The van der Waals surface area contributed by atoms with Gasteiger partial charge in [0.2, 0.25) is 0 Å². The van der Waals surface area contributed by atoms with Gasteiger partial charge in [-0.1, -0.05) is 6.07 Å². The van der Waals surface area contributed by atoms with Gasteiger partial charge in [-0.2, -0.15) is 0 Å². The van der Waals surface area contributed by atoms with Crippen LogP contribution in [0.5, 0.6) is 0 Å². The molecular formula is C25H33N5O4S. The first-order valence-electron chi connectivity index (χ1n) is 12.5. The minimum Gasteiger partial charge on any atom is -0.379 e. The number of imidazole rings is 1. The van der Waals surface area contributed by atoms with E-state index >= 15 is 0 Å². The monoisotopic (exact) mass is 499 g/mol. The number of hydrogen-bond donors (Lipinski definition) is 2. The quantitative estimate of drug-likeness (QED) is 0.579. The van der Waals surface area contributed by atoms with Crippen LogP contribution in [-0.4, -0.2) is 61.7 Å². The van der Waals surface area contributed by atoms with E-state index in [2.05, 4.69) is 26.0 Å². The van der Waals surface area contributed by atoms with Crippen LogP contribution in [0, 0.1) is 0 Å². The predicted octanol–water partition coefficient (Wildman–Crippen LogP) is 2.71. The SMILES string of the molecule is O=C(Nc1c2c(cc3c1CCC3)CCC2)NS(=O)(=O)/C=C/c1nccn1CCCN1CCOCC1. The number of rotatable bonds is 8. The molecule has 0 saturated carbocycles. The van der Waals surface area contributed by atoms with Crippen molar-refractivity contribution >= 4 is 27.8 Å². The van der Waals surface area contributed by atoms with Crippen LogP contribution in [-0.2, 0) is 47.0 Å². The Morgan fingerprint density at radius 3 is 2.49 bits per heavy atom. The molecule has 0 spiro atoms. The molecule has 5 rings (SSSR count). The van der Waals surface area contributed by atoms with Gasteiger partial charge in [0, 0.05) is 44.3 Å². The molecule has 10 heteroatoms. The van der Waals surface area contributed by atoms with Crippen molar-refractivity contribution in [2.24, 2.45) is 0 Å². The minimum absolute atomic E-state index is 0.538. The number of urea groups is 1. The number of nitrogens with one attached hydrogen (secondary N) is 2. The lowest BCUT2D eigenvalue weighted by Crippen LogP contribution is -2.37. The van der Waals surface area contributed by atoms with Crippen molar-refractivity contribution in [1.29, 1.82) is 0 Å². The number of fused-ring (bicyclic) bond motifs is 2. The topological polar surface area (TPSA) is 106 Å². The van der Waals surface area contributed by atoms with Gasteiger partial charge in [-0.05, 0) is 73.3 Å². The fourth-order valence-electron chi connectivity index (χ4n) is 5.38. The number of carbonyl (C=O) groups is 1. The lowest BCUT2D eigenvalue weighted by molar-refractivity contribution is 0.0369. The fourth-order valence-corrected chi connectivity index (χ4v) is 6.06. The summed E-state index contributed by atoms with van der Waals surface area (Å²) in [5.41, 5.74) is 5.70.